The maximum absolute atomic E-state index is 14.7. The van der Waals surface area contributed by atoms with Gasteiger partial charge in [-0.05, 0) is 87.7 Å². The zero-order valence-corrected chi connectivity index (χ0v) is 58.5. The summed E-state index contributed by atoms with van der Waals surface area (Å²) in [6.45, 7) is 21.2. The Morgan fingerprint density at radius 3 is 1.35 bits per heavy atom. The van der Waals surface area contributed by atoms with Gasteiger partial charge in [0.05, 0.1) is 6.10 Å². The SMILES string of the molecule is CCC(=O)N(C)[C@@H](Cc1ccccc1)C(=O)N(C)[C@H](C(=O)N[C@H](C(=O)N(C)[C@@H](CC(C)C)C(=O)N[C@H](C(=O)N(C)[C@@H](C)C(=O)N(C)[C@@H](CC(C)C)C(=O)N[C@@H](C(=O)NC)C(=O)N(C)[C@@H](Cc1ccccc1)C(=O)N[C@@H](C)C(=O)N1CCCCC1)C(C)O)C(C)C)C(C)C. The van der Waals surface area contributed by atoms with E-state index in [1.807, 2.05) is 44.2 Å². The van der Waals surface area contributed by atoms with Gasteiger partial charge in [0.15, 0.2) is 6.04 Å². The van der Waals surface area contributed by atoms with E-state index in [0.717, 1.165) is 39.5 Å². The maximum atomic E-state index is 14.7. The lowest BCUT2D eigenvalue weighted by molar-refractivity contribution is -0.151. The van der Waals surface area contributed by atoms with E-state index in [1.165, 1.54) is 70.8 Å². The Kier molecular flexibility index (Phi) is 31.6. The Labute approximate surface area is 551 Å². The van der Waals surface area contributed by atoms with Crippen molar-refractivity contribution in [2.75, 3.05) is 62.4 Å². The largest absolute Gasteiger partial charge is 0.391 e. The van der Waals surface area contributed by atoms with Crippen LogP contribution >= 0.6 is 0 Å². The first-order valence-corrected chi connectivity index (χ1v) is 32.6. The van der Waals surface area contributed by atoms with Gasteiger partial charge in [-0.3, -0.25) is 57.5 Å². The third-order valence-electron chi connectivity index (χ3n) is 17.4. The number of nitrogens with one attached hydrogen (secondary N) is 5. The topological polar surface area (TPSA) is 308 Å². The number of carbonyl (C=O) groups is 12. The molecule has 12 amide bonds. The van der Waals surface area contributed by atoms with E-state index < -0.39 is 137 Å². The number of likely N-dealkylation sites (tertiary alicyclic amines) is 1. The normalized spacial score (nSPS) is 15.9. The van der Waals surface area contributed by atoms with Gasteiger partial charge in [0, 0.05) is 81.7 Å². The van der Waals surface area contributed by atoms with E-state index in [9.17, 15) is 62.6 Å². The van der Waals surface area contributed by atoms with E-state index in [4.69, 9.17) is 0 Å². The zero-order valence-electron chi connectivity index (χ0n) is 58.5. The first-order chi connectivity index (χ1) is 43.5. The number of benzene rings is 2. The number of likely N-dealkylation sites (N-methyl/N-ethyl adjacent to an activating group) is 7. The summed E-state index contributed by atoms with van der Waals surface area (Å²) >= 11 is 0. The predicted molar refractivity (Wildman–Crippen MR) is 354 cm³/mol. The van der Waals surface area contributed by atoms with Crippen molar-refractivity contribution in [3.05, 3.63) is 71.8 Å². The van der Waals surface area contributed by atoms with Crippen molar-refractivity contribution >= 4 is 70.9 Å². The lowest BCUT2D eigenvalue weighted by atomic mass is 9.95. The molecule has 25 nitrogen and oxygen atoms in total. The van der Waals surface area contributed by atoms with Crippen molar-refractivity contribution in [2.24, 2.45) is 23.7 Å². The third-order valence-corrected chi connectivity index (χ3v) is 17.4. The van der Waals surface area contributed by atoms with Crippen molar-refractivity contribution < 1.29 is 62.6 Å². The van der Waals surface area contributed by atoms with Crippen LogP contribution in [0.3, 0.4) is 0 Å². The highest BCUT2D eigenvalue weighted by molar-refractivity contribution is 6.09. The molecule has 0 aliphatic carbocycles. The second-order valence-corrected chi connectivity index (χ2v) is 26.3. The minimum absolute atomic E-state index is 0.00680. The number of carbonyl (C=O) groups excluding carboxylic acids is 12. The molecule has 6 N–H and O–H groups in total. The molecule has 2 aromatic carbocycles. The number of aliphatic hydroxyl groups excluding tert-OH is 1. The summed E-state index contributed by atoms with van der Waals surface area (Å²) in [4.78, 5) is 180. The number of aliphatic hydroxyl groups is 1. The van der Waals surface area contributed by atoms with Crippen LogP contribution < -0.4 is 26.6 Å². The minimum Gasteiger partial charge on any atom is -0.391 e. The van der Waals surface area contributed by atoms with Crippen LogP contribution in [0, 0.1) is 23.7 Å². The second-order valence-electron chi connectivity index (χ2n) is 26.3. The van der Waals surface area contributed by atoms with Gasteiger partial charge in [0.25, 0.3) is 11.8 Å². The van der Waals surface area contributed by atoms with E-state index in [0.29, 0.717) is 18.7 Å². The van der Waals surface area contributed by atoms with Gasteiger partial charge in [0.1, 0.15) is 54.4 Å². The van der Waals surface area contributed by atoms with Crippen molar-refractivity contribution in [1.29, 1.82) is 0 Å². The van der Waals surface area contributed by atoms with Crippen molar-refractivity contribution in [3.8, 4) is 0 Å². The van der Waals surface area contributed by atoms with Crippen molar-refractivity contribution in [2.45, 2.75) is 201 Å². The molecule has 0 spiro atoms. The highest BCUT2D eigenvalue weighted by Crippen LogP contribution is 2.22. The molecule has 1 aliphatic rings. The summed E-state index contributed by atoms with van der Waals surface area (Å²) in [6, 6.07) is 4.93. The standard InChI is InChI=1S/C68H108N12O13/c1-20-53(82)75(15)52(39-48-32-26-22-27-33-48)65(90)79(19)57(43(8)9)62(87)71-54(42(6)7)66(91)77(17)50(37-41(4)5)59(84)72-55(46(12)81)67(92)74(14)45(11)64(89)76(16)49(36-40(2)3)60(85)73-56(61(86)69-13)68(93)78(18)51(38-47-30-24-21-25-31-47)58(83)70-44(10)63(88)80-34-28-23-29-35-80/h21-22,24-27,30-33,40-46,49-52,54-57,81H,20,23,28-29,34-39H2,1-19H3,(H,69,86)(H,70,83)(H,71,87)(H,72,84)(H,73,85)/t44-,45-,46?,49-,50-,51-,52-,54-,55-,56-,57-/m0/s1. The highest BCUT2D eigenvalue weighted by atomic mass is 16.3. The molecule has 1 unspecified atom stereocenters. The molecule has 1 fully saturated rings. The number of nitrogens with zero attached hydrogens (tertiary/aromatic N) is 7. The molecule has 0 radical (unpaired) electrons. The van der Waals surface area contributed by atoms with Gasteiger partial charge in [-0.25, -0.2) is 0 Å². The predicted octanol–water partition coefficient (Wildman–Crippen LogP) is 2.37. The summed E-state index contributed by atoms with van der Waals surface area (Å²) in [5, 5.41) is 24.4. The number of amides is 12. The van der Waals surface area contributed by atoms with Crippen molar-refractivity contribution in [1.82, 2.24) is 60.9 Å². The minimum atomic E-state index is -1.91. The van der Waals surface area contributed by atoms with Gasteiger partial charge in [-0.2, -0.15) is 0 Å². The molecule has 93 heavy (non-hydrogen) atoms. The first kappa shape index (κ1) is 79.3. The molecule has 2 aromatic rings. The Morgan fingerprint density at radius 2 is 0.903 bits per heavy atom. The number of hydrogen-bond donors (Lipinski definition) is 6. The second kappa shape index (κ2) is 37.1. The van der Waals surface area contributed by atoms with E-state index in [2.05, 4.69) is 26.6 Å². The highest BCUT2D eigenvalue weighted by Gasteiger charge is 2.44. The quantitative estimate of drug-likeness (QED) is 0.0560. The van der Waals surface area contributed by atoms with Crippen LogP contribution in [0.5, 0.6) is 0 Å². The first-order valence-electron chi connectivity index (χ1n) is 32.6. The van der Waals surface area contributed by atoms with Crippen LogP contribution in [0.4, 0.5) is 0 Å². The summed E-state index contributed by atoms with van der Waals surface area (Å²) < 4.78 is 0. The summed E-state index contributed by atoms with van der Waals surface area (Å²) in [6.07, 6.45) is 1.48. The molecular weight excluding hydrogens is 1190 g/mol. The molecule has 25 heteroatoms. The van der Waals surface area contributed by atoms with Crippen LogP contribution in [-0.2, 0) is 70.4 Å². The Bertz CT molecular complexity index is 2870. The lowest BCUT2D eigenvalue weighted by Gasteiger charge is -2.38. The fourth-order valence-electron chi connectivity index (χ4n) is 11.5. The summed E-state index contributed by atoms with van der Waals surface area (Å²) in [5.41, 5.74) is 1.47. The van der Waals surface area contributed by atoms with Gasteiger partial charge in [0.2, 0.25) is 59.1 Å². The molecule has 3 rings (SSSR count). The van der Waals surface area contributed by atoms with E-state index in [1.54, 1.807) is 97.7 Å². The Morgan fingerprint density at radius 1 is 0.462 bits per heavy atom. The molecular formula is C68H108N12O13. The van der Waals surface area contributed by atoms with Crippen LogP contribution in [0.15, 0.2) is 60.7 Å². The number of piperidine rings is 1. The summed E-state index contributed by atoms with van der Waals surface area (Å²) in [7, 11) is 9.61. The third kappa shape index (κ3) is 22.1. The van der Waals surface area contributed by atoms with Gasteiger partial charge in [-0.15, -0.1) is 0 Å². The average molecular weight is 1300 g/mol. The molecule has 0 saturated carbocycles. The Balaban J connectivity index is 1.89. The number of hydrogen-bond acceptors (Lipinski definition) is 13. The van der Waals surface area contributed by atoms with Gasteiger partial charge >= 0.3 is 0 Å². The molecule has 1 saturated heterocycles. The molecule has 1 aliphatic heterocycles. The van der Waals surface area contributed by atoms with Crippen LogP contribution in [0.1, 0.15) is 133 Å². The lowest BCUT2D eigenvalue weighted by Crippen LogP contribution is -2.63. The van der Waals surface area contributed by atoms with Crippen LogP contribution in [0.25, 0.3) is 0 Å². The molecule has 0 aromatic heterocycles. The van der Waals surface area contributed by atoms with Gasteiger partial charge in [-0.1, -0.05) is 123 Å². The molecule has 1 heterocycles. The Hall–Kier alpha value is -7.96. The molecule has 518 valence electrons. The zero-order chi connectivity index (χ0) is 70.5. The average Bonchev–Trinajstić information content (AvgIpc) is 1.45. The monoisotopic (exact) mass is 1300 g/mol. The van der Waals surface area contributed by atoms with E-state index in [-0.39, 0.29) is 55.8 Å². The molecule has 11 atom stereocenters. The maximum Gasteiger partial charge on any atom is 0.255 e. The summed E-state index contributed by atoms with van der Waals surface area (Å²) in [5.74, 6) is -9.83. The smallest absolute Gasteiger partial charge is 0.255 e. The van der Waals surface area contributed by atoms with Crippen LogP contribution in [0.2, 0.25) is 0 Å². The van der Waals surface area contributed by atoms with Crippen molar-refractivity contribution in [3.63, 3.8) is 0 Å². The fourth-order valence-corrected chi connectivity index (χ4v) is 11.5. The molecule has 0 bridgehead atoms. The van der Waals surface area contributed by atoms with Crippen LogP contribution in [-0.4, -0.2) is 239 Å². The van der Waals surface area contributed by atoms with E-state index >= 15 is 0 Å². The fraction of sp³-hybridized carbons (Fsp3) is 0.647. The van der Waals surface area contributed by atoms with Gasteiger partial charge < -0.3 is 66.0 Å². The number of rotatable bonds is 33.